The van der Waals surface area contributed by atoms with Crippen LogP contribution in [-0.2, 0) is 11.2 Å². The van der Waals surface area contributed by atoms with Gasteiger partial charge < -0.3 is 15.2 Å². The Morgan fingerprint density at radius 3 is 2.83 bits per heavy atom. The van der Waals surface area contributed by atoms with Crippen LogP contribution < -0.4 is 10.6 Å². The first-order valence-electron chi connectivity index (χ1n) is 7.64. The van der Waals surface area contributed by atoms with E-state index in [9.17, 15) is 9.18 Å². The molecule has 0 bridgehead atoms. The number of carbonyl (C=O) groups is 1. The van der Waals surface area contributed by atoms with Crippen LogP contribution in [-0.4, -0.2) is 24.2 Å². The van der Waals surface area contributed by atoms with Gasteiger partial charge >= 0.3 is 0 Å². The molecule has 0 unspecified atom stereocenters. The summed E-state index contributed by atoms with van der Waals surface area (Å²) < 4.78 is 18.5. The summed E-state index contributed by atoms with van der Waals surface area (Å²) in [6.07, 6.45) is 0.912. The lowest BCUT2D eigenvalue weighted by Gasteiger charge is -2.09. The van der Waals surface area contributed by atoms with E-state index in [1.807, 2.05) is 19.9 Å². The molecule has 1 amide bonds. The number of aromatic nitrogens is 1. The second-order valence-corrected chi connectivity index (χ2v) is 5.35. The number of nitrogens with one attached hydrogen (secondary N) is 2. The third kappa shape index (κ3) is 4.32. The number of hydrogen-bond donors (Lipinski definition) is 2. The average molecular weight is 330 g/mol. The molecular formula is C17H19FN4O2. The van der Waals surface area contributed by atoms with Crippen LogP contribution in [0.15, 0.2) is 22.7 Å². The van der Waals surface area contributed by atoms with Gasteiger partial charge in [-0.3, -0.25) is 4.79 Å². The summed E-state index contributed by atoms with van der Waals surface area (Å²) in [5, 5.41) is 18.5. The molecule has 2 rings (SSSR count). The molecule has 2 N–H and O–H groups in total. The molecule has 1 aromatic heterocycles. The van der Waals surface area contributed by atoms with Crippen LogP contribution >= 0.6 is 0 Å². The third-order valence-corrected chi connectivity index (χ3v) is 3.67. The molecule has 0 saturated heterocycles. The lowest BCUT2D eigenvalue weighted by Crippen LogP contribution is -2.29. The summed E-state index contributed by atoms with van der Waals surface area (Å²) in [4.78, 5) is 11.8. The van der Waals surface area contributed by atoms with Crippen molar-refractivity contribution < 1.29 is 13.7 Å². The van der Waals surface area contributed by atoms with Crippen molar-refractivity contribution in [1.82, 2.24) is 10.5 Å². The number of halogens is 1. The van der Waals surface area contributed by atoms with Gasteiger partial charge in [-0.05, 0) is 32.4 Å². The normalized spacial score (nSPS) is 10.2. The van der Waals surface area contributed by atoms with E-state index in [2.05, 4.69) is 15.8 Å². The van der Waals surface area contributed by atoms with Crippen molar-refractivity contribution in [3.63, 3.8) is 0 Å². The number of amides is 1. The van der Waals surface area contributed by atoms with Crippen molar-refractivity contribution in [1.29, 1.82) is 5.26 Å². The maximum Gasteiger partial charge on any atom is 0.220 e. The van der Waals surface area contributed by atoms with Gasteiger partial charge in [0.25, 0.3) is 0 Å². The number of carbonyl (C=O) groups excluding carboxylic acids is 1. The van der Waals surface area contributed by atoms with Gasteiger partial charge in [0.1, 0.15) is 23.2 Å². The summed E-state index contributed by atoms with van der Waals surface area (Å²) in [6, 6.07) is 6.21. The van der Waals surface area contributed by atoms with Crippen LogP contribution in [0, 0.1) is 31.0 Å². The van der Waals surface area contributed by atoms with Crippen molar-refractivity contribution in [2.75, 3.05) is 18.4 Å². The van der Waals surface area contributed by atoms with E-state index >= 15 is 0 Å². The molecule has 0 spiro atoms. The van der Waals surface area contributed by atoms with Gasteiger partial charge in [0.2, 0.25) is 5.91 Å². The molecule has 0 aliphatic rings. The predicted molar refractivity (Wildman–Crippen MR) is 86.9 cm³/mol. The number of nitriles is 1. The van der Waals surface area contributed by atoms with E-state index in [0.717, 1.165) is 17.0 Å². The molecular weight excluding hydrogens is 311 g/mol. The largest absolute Gasteiger partial charge is 0.382 e. The first-order valence-corrected chi connectivity index (χ1v) is 7.64. The van der Waals surface area contributed by atoms with Crippen molar-refractivity contribution in [2.45, 2.75) is 26.7 Å². The number of nitrogens with zero attached hydrogens (tertiary/aromatic N) is 2. The Hall–Kier alpha value is -2.88. The quantitative estimate of drug-likeness (QED) is 0.761. The van der Waals surface area contributed by atoms with Gasteiger partial charge in [0.05, 0.1) is 11.4 Å². The van der Waals surface area contributed by atoms with Crippen LogP contribution in [0.1, 0.15) is 29.0 Å². The minimum atomic E-state index is -0.564. The van der Waals surface area contributed by atoms with Crippen molar-refractivity contribution in [3.05, 3.63) is 46.6 Å². The van der Waals surface area contributed by atoms with Crippen LogP contribution in [0.25, 0.3) is 0 Å². The minimum Gasteiger partial charge on any atom is -0.382 e. The van der Waals surface area contributed by atoms with Crippen molar-refractivity contribution in [2.24, 2.45) is 0 Å². The number of benzene rings is 1. The van der Waals surface area contributed by atoms with E-state index < -0.39 is 5.82 Å². The SMILES string of the molecule is Cc1noc(C)c1CCC(=O)NCCNc1cccc(F)c1C#N. The second kappa shape index (κ2) is 8.11. The van der Waals surface area contributed by atoms with E-state index in [4.69, 9.17) is 9.78 Å². The topological polar surface area (TPSA) is 90.9 Å². The van der Waals surface area contributed by atoms with Crippen LogP contribution in [0.4, 0.5) is 10.1 Å². The molecule has 0 atom stereocenters. The van der Waals surface area contributed by atoms with Gasteiger partial charge in [-0.15, -0.1) is 0 Å². The molecule has 24 heavy (non-hydrogen) atoms. The lowest BCUT2D eigenvalue weighted by atomic mass is 10.1. The smallest absolute Gasteiger partial charge is 0.220 e. The predicted octanol–water partition coefficient (Wildman–Crippen LogP) is 2.46. The van der Waals surface area contributed by atoms with Gasteiger partial charge in [-0.1, -0.05) is 11.2 Å². The Morgan fingerprint density at radius 1 is 1.38 bits per heavy atom. The summed E-state index contributed by atoms with van der Waals surface area (Å²) in [5.41, 5.74) is 2.16. The zero-order valence-corrected chi connectivity index (χ0v) is 13.6. The highest BCUT2D eigenvalue weighted by Gasteiger charge is 2.11. The first-order chi connectivity index (χ1) is 11.5. The summed E-state index contributed by atoms with van der Waals surface area (Å²) in [6.45, 7) is 4.44. The fourth-order valence-electron chi connectivity index (χ4n) is 2.37. The Bertz CT molecular complexity index is 745. The van der Waals surface area contributed by atoms with Crippen molar-refractivity contribution in [3.8, 4) is 6.07 Å². The molecule has 0 saturated carbocycles. The molecule has 6 nitrogen and oxygen atoms in total. The summed E-state index contributed by atoms with van der Waals surface area (Å²) in [7, 11) is 0. The molecule has 2 aromatic rings. The Balaban J connectivity index is 1.74. The Kier molecular flexibility index (Phi) is 5.90. The van der Waals surface area contributed by atoms with E-state index in [1.165, 1.54) is 12.1 Å². The maximum atomic E-state index is 13.4. The van der Waals surface area contributed by atoms with Gasteiger partial charge in [-0.2, -0.15) is 5.26 Å². The standard InChI is InChI=1S/C17H19FN4O2/c1-11-13(12(2)24-22-11)6-7-17(23)21-9-8-20-16-5-3-4-15(18)14(16)10-19/h3-5,20H,6-9H2,1-2H3,(H,21,23). The lowest BCUT2D eigenvalue weighted by molar-refractivity contribution is -0.120. The molecule has 126 valence electrons. The first kappa shape index (κ1) is 17.5. The molecule has 1 heterocycles. The van der Waals surface area contributed by atoms with Crippen LogP contribution in [0.3, 0.4) is 0 Å². The number of anilines is 1. The molecule has 0 fully saturated rings. The van der Waals surface area contributed by atoms with Crippen molar-refractivity contribution >= 4 is 11.6 Å². The van der Waals surface area contributed by atoms with Gasteiger partial charge in [0.15, 0.2) is 0 Å². The Labute approximate surface area is 139 Å². The summed E-state index contributed by atoms with van der Waals surface area (Å²) in [5.74, 6) is 0.0830. The minimum absolute atomic E-state index is 0.0257. The molecule has 0 aliphatic carbocycles. The fraction of sp³-hybridized carbons (Fsp3) is 0.353. The van der Waals surface area contributed by atoms with Gasteiger partial charge in [-0.25, -0.2) is 4.39 Å². The highest BCUT2D eigenvalue weighted by molar-refractivity contribution is 5.76. The van der Waals surface area contributed by atoms with Crippen LogP contribution in [0.2, 0.25) is 0 Å². The zero-order chi connectivity index (χ0) is 17.5. The maximum absolute atomic E-state index is 13.4. The zero-order valence-electron chi connectivity index (χ0n) is 13.6. The number of hydrogen-bond acceptors (Lipinski definition) is 5. The van der Waals surface area contributed by atoms with Gasteiger partial charge in [0, 0.05) is 25.1 Å². The van der Waals surface area contributed by atoms with E-state index in [-0.39, 0.29) is 11.5 Å². The molecule has 7 heteroatoms. The molecule has 1 aromatic carbocycles. The monoisotopic (exact) mass is 330 g/mol. The fourth-order valence-corrected chi connectivity index (χ4v) is 2.37. The molecule has 0 radical (unpaired) electrons. The Morgan fingerprint density at radius 2 is 2.17 bits per heavy atom. The molecule has 0 aliphatic heterocycles. The third-order valence-electron chi connectivity index (χ3n) is 3.67. The number of aryl methyl sites for hydroxylation is 2. The average Bonchev–Trinajstić information content (AvgIpc) is 2.88. The van der Waals surface area contributed by atoms with Crippen LogP contribution in [0.5, 0.6) is 0 Å². The number of rotatable bonds is 7. The second-order valence-electron chi connectivity index (χ2n) is 5.35. The highest BCUT2D eigenvalue weighted by atomic mass is 19.1. The summed E-state index contributed by atoms with van der Waals surface area (Å²) >= 11 is 0. The van der Waals surface area contributed by atoms with E-state index in [1.54, 1.807) is 6.07 Å². The highest BCUT2D eigenvalue weighted by Crippen LogP contribution is 2.17. The van der Waals surface area contributed by atoms with E-state index in [0.29, 0.717) is 31.6 Å².